The highest BCUT2D eigenvalue weighted by Gasteiger charge is 2.66. The Balaban J connectivity index is 1.37. The third-order valence-corrected chi connectivity index (χ3v) is 11.6. The van der Waals surface area contributed by atoms with Gasteiger partial charge in [0.1, 0.15) is 5.67 Å². The topological polar surface area (TPSA) is 0 Å². The predicted octanol–water partition coefficient (Wildman–Crippen LogP) is 8.31. The van der Waals surface area contributed by atoms with Crippen molar-refractivity contribution in [1.82, 2.24) is 0 Å². The molecule has 0 radical (unpaired) electrons. The van der Waals surface area contributed by atoms with Crippen molar-refractivity contribution in [2.75, 3.05) is 5.75 Å². The van der Waals surface area contributed by atoms with Crippen LogP contribution in [-0.4, -0.2) is 11.4 Å². The van der Waals surface area contributed by atoms with Crippen molar-refractivity contribution >= 4 is 23.1 Å². The summed E-state index contributed by atoms with van der Waals surface area (Å²) in [5.74, 6) is 3.47. The van der Waals surface area contributed by atoms with Crippen LogP contribution in [0.1, 0.15) is 65.7 Å². The van der Waals surface area contributed by atoms with Gasteiger partial charge in [-0.05, 0) is 98.2 Å². The average molecular weight is 431 g/mol. The van der Waals surface area contributed by atoms with Gasteiger partial charge in [-0.1, -0.05) is 43.7 Å². The maximum absolute atomic E-state index is 16.9. The molecule has 0 amide bonds. The third kappa shape index (κ3) is 2.97. The van der Waals surface area contributed by atoms with Crippen LogP contribution in [0.15, 0.2) is 45.5 Å². The van der Waals surface area contributed by atoms with Crippen LogP contribution in [0.25, 0.3) is 0 Å². The van der Waals surface area contributed by atoms with Gasteiger partial charge in [-0.25, -0.2) is 4.39 Å². The third-order valence-electron chi connectivity index (χ3n) is 9.48. The first-order valence-corrected chi connectivity index (χ1v) is 13.5. The number of fused-ring (bicyclic) bond motifs is 5. The van der Waals surface area contributed by atoms with Crippen molar-refractivity contribution in [3.8, 4) is 0 Å². The standard InChI is InChI=1S/C26H35FS2/c1-18-17-22-21-10-9-19-7-4-5-12-25(19,3)26(21,27)14-13-24(22,2)20(18)11-16-29-23-8-6-15-28-23/h5-8,12,15,18,20-22H,4,9-11,13-14,16-17H2,1-3H3/t18-,20+,21+,22+,24-,25+,26-/m1/s1. The number of halogens is 1. The van der Waals surface area contributed by atoms with Crippen LogP contribution in [0.3, 0.4) is 0 Å². The van der Waals surface area contributed by atoms with Gasteiger partial charge in [0, 0.05) is 5.41 Å². The Morgan fingerprint density at radius 2 is 2.10 bits per heavy atom. The van der Waals surface area contributed by atoms with Crippen LogP contribution < -0.4 is 0 Å². The summed E-state index contributed by atoms with van der Waals surface area (Å²) < 4.78 is 18.4. The van der Waals surface area contributed by atoms with E-state index in [0.29, 0.717) is 11.3 Å². The average Bonchev–Trinajstić information content (AvgIpc) is 3.30. The van der Waals surface area contributed by atoms with E-state index in [9.17, 15) is 0 Å². The molecule has 7 atom stereocenters. The molecule has 158 valence electrons. The summed E-state index contributed by atoms with van der Waals surface area (Å²) in [7, 11) is 0. The van der Waals surface area contributed by atoms with Gasteiger partial charge in [0.05, 0.1) is 4.21 Å². The van der Waals surface area contributed by atoms with Gasteiger partial charge in [-0.3, -0.25) is 0 Å². The van der Waals surface area contributed by atoms with Crippen LogP contribution in [-0.2, 0) is 0 Å². The lowest BCUT2D eigenvalue weighted by Crippen LogP contribution is -2.59. The molecule has 0 unspecified atom stereocenters. The molecule has 0 N–H and O–H groups in total. The van der Waals surface area contributed by atoms with Gasteiger partial charge in [0.25, 0.3) is 0 Å². The molecule has 4 aliphatic carbocycles. The van der Waals surface area contributed by atoms with Crippen molar-refractivity contribution in [1.29, 1.82) is 0 Å². The summed E-state index contributed by atoms with van der Waals surface area (Å²) in [5, 5.41) is 2.17. The number of hydrogen-bond donors (Lipinski definition) is 0. The quantitative estimate of drug-likeness (QED) is 0.342. The highest BCUT2D eigenvalue weighted by Crippen LogP contribution is 2.70. The molecule has 1 aromatic rings. The summed E-state index contributed by atoms with van der Waals surface area (Å²) in [4.78, 5) is 0. The summed E-state index contributed by atoms with van der Waals surface area (Å²) in [6.45, 7) is 7.20. The van der Waals surface area contributed by atoms with Gasteiger partial charge < -0.3 is 0 Å². The maximum atomic E-state index is 16.9. The van der Waals surface area contributed by atoms with E-state index in [-0.39, 0.29) is 11.3 Å². The minimum atomic E-state index is -1.04. The van der Waals surface area contributed by atoms with E-state index in [1.54, 1.807) is 0 Å². The van der Waals surface area contributed by atoms with Crippen molar-refractivity contribution in [3.05, 3.63) is 41.3 Å². The number of allylic oxidation sites excluding steroid dienone is 4. The lowest BCUT2D eigenvalue weighted by Gasteiger charge is -2.60. The van der Waals surface area contributed by atoms with Crippen molar-refractivity contribution < 1.29 is 4.39 Å². The fourth-order valence-electron chi connectivity index (χ4n) is 7.94. The minimum Gasteiger partial charge on any atom is -0.242 e. The number of thiophene rings is 1. The smallest absolute Gasteiger partial charge is 0.126 e. The van der Waals surface area contributed by atoms with E-state index in [1.165, 1.54) is 28.4 Å². The van der Waals surface area contributed by atoms with Crippen molar-refractivity contribution in [2.24, 2.45) is 34.5 Å². The Labute approximate surface area is 184 Å². The zero-order valence-electron chi connectivity index (χ0n) is 18.1. The lowest BCUT2D eigenvalue weighted by atomic mass is 9.46. The molecule has 0 spiro atoms. The first-order valence-electron chi connectivity index (χ1n) is 11.6. The monoisotopic (exact) mass is 430 g/mol. The Hall–Kier alpha value is -0.540. The molecule has 1 heterocycles. The van der Waals surface area contributed by atoms with Crippen LogP contribution >= 0.6 is 23.1 Å². The van der Waals surface area contributed by atoms with E-state index in [0.717, 1.165) is 43.9 Å². The van der Waals surface area contributed by atoms with Gasteiger partial charge in [0.2, 0.25) is 0 Å². The molecular formula is C26H35FS2. The summed E-state index contributed by atoms with van der Waals surface area (Å²) in [5.41, 5.74) is 0.313. The zero-order valence-corrected chi connectivity index (χ0v) is 19.8. The molecule has 3 fully saturated rings. The van der Waals surface area contributed by atoms with Crippen molar-refractivity contribution in [3.63, 3.8) is 0 Å². The molecule has 4 aliphatic rings. The highest BCUT2D eigenvalue weighted by molar-refractivity contribution is 8.01. The van der Waals surface area contributed by atoms with Gasteiger partial charge in [0.15, 0.2) is 0 Å². The largest absolute Gasteiger partial charge is 0.242 e. The minimum absolute atomic E-state index is 0.239. The van der Waals surface area contributed by atoms with E-state index in [2.05, 4.69) is 56.5 Å². The molecule has 0 bridgehead atoms. The fourth-order valence-corrected chi connectivity index (χ4v) is 9.83. The van der Waals surface area contributed by atoms with Crippen LogP contribution in [0.4, 0.5) is 4.39 Å². The van der Waals surface area contributed by atoms with Gasteiger partial charge in [-0.2, -0.15) is 0 Å². The molecule has 0 aliphatic heterocycles. The summed E-state index contributed by atoms with van der Waals surface area (Å²) >= 11 is 3.87. The zero-order chi connectivity index (χ0) is 20.3. The van der Waals surface area contributed by atoms with E-state index in [1.807, 2.05) is 23.1 Å². The number of thioether (sulfide) groups is 1. The Morgan fingerprint density at radius 1 is 1.24 bits per heavy atom. The molecule has 1 aromatic heterocycles. The first-order chi connectivity index (χ1) is 13.9. The molecule has 0 nitrogen and oxygen atoms in total. The molecule has 5 rings (SSSR count). The second-order valence-corrected chi connectivity index (χ2v) is 12.9. The fraction of sp³-hybridized carbons (Fsp3) is 0.692. The van der Waals surface area contributed by atoms with Crippen molar-refractivity contribution in [2.45, 2.75) is 75.6 Å². The van der Waals surface area contributed by atoms with Crippen LogP contribution in [0.2, 0.25) is 0 Å². The second kappa shape index (κ2) is 7.26. The van der Waals surface area contributed by atoms with E-state index < -0.39 is 5.67 Å². The maximum Gasteiger partial charge on any atom is 0.126 e. The lowest BCUT2D eigenvalue weighted by molar-refractivity contribution is -0.126. The summed E-state index contributed by atoms with van der Waals surface area (Å²) in [6, 6.07) is 4.39. The van der Waals surface area contributed by atoms with Crippen LogP contribution in [0.5, 0.6) is 0 Å². The molecule has 29 heavy (non-hydrogen) atoms. The number of rotatable bonds is 4. The Bertz CT molecular complexity index is 811. The molecule has 0 aromatic carbocycles. The molecule has 0 saturated heterocycles. The second-order valence-electron chi connectivity index (χ2n) is 10.6. The predicted molar refractivity (Wildman–Crippen MR) is 124 cm³/mol. The van der Waals surface area contributed by atoms with E-state index in [4.69, 9.17) is 0 Å². The van der Waals surface area contributed by atoms with Gasteiger partial charge in [-0.15, -0.1) is 23.1 Å². The summed E-state index contributed by atoms with van der Waals surface area (Å²) in [6.07, 6.45) is 14.3. The van der Waals surface area contributed by atoms with E-state index >= 15 is 4.39 Å². The normalized spacial score (nSPS) is 46.0. The Kier molecular flexibility index (Phi) is 5.10. The van der Waals surface area contributed by atoms with Crippen LogP contribution in [0, 0.1) is 34.5 Å². The Morgan fingerprint density at radius 3 is 2.90 bits per heavy atom. The van der Waals surface area contributed by atoms with Gasteiger partial charge >= 0.3 is 0 Å². The molecular weight excluding hydrogens is 395 g/mol. The first kappa shape index (κ1) is 20.4. The SMILES string of the molecule is C[C@@H]1C[C@H]2[C@@H]3CCC4=CCC=C[C@]4(C)[C@@]3(F)CC[C@]2(C)[C@H]1CCSc1cccs1. The molecule has 3 heteroatoms. The number of alkyl halides is 1. The molecule has 3 saturated carbocycles. The number of hydrogen-bond acceptors (Lipinski definition) is 2. The highest BCUT2D eigenvalue weighted by atomic mass is 32.2.